The summed E-state index contributed by atoms with van der Waals surface area (Å²) in [5, 5.41) is 0.263. The van der Waals surface area contributed by atoms with Crippen LogP contribution in [-0.2, 0) is 0 Å². The molecule has 0 saturated heterocycles. The summed E-state index contributed by atoms with van der Waals surface area (Å²) in [6.45, 7) is 1.72. The summed E-state index contributed by atoms with van der Waals surface area (Å²) in [5.74, 6) is -0.821. The SMILES string of the molecule is Cc1cc(F)cc(C(=O)c2ncccc2Cl)c1. The molecule has 2 aromatic rings. The number of aryl methyl sites for hydroxylation is 1. The van der Waals surface area contributed by atoms with Crippen molar-refractivity contribution in [2.75, 3.05) is 0 Å². The highest BCUT2D eigenvalue weighted by Crippen LogP contribution is 2.18. The Morgan fingerprint density at radius 2 is 2.12 bits per heavy atom. The summed E-state index contributed by atoms with van der Waals surface area (Å²) in [4.78, 5) is 16.0. The Labute approximate surface area is 103 Å². The molecule has 1 aromatic carbocycles. The molecular weight excluding hydrogens is 241 g/mol. The first-order chi connectivity index (χ1) is 8.08. The van der Waals surface area contributed by atoms with Gasteiger partial charge in [0.05, 0.1) is 5.02 Å². The smallest absolute Gasteiger partial charge is 0.212 e. The predicted molar refractivity (Wildman–Crippen MR) is 63.8 cm³/mol. The van der Waals surface area contributed by atoms with Crippen LogP contribution in [-0.4, -0.2) is 10.8 Å². The summed E-state index contributed by atoms with van der Waals surface area (Å²) in [5.41, 5.74) is 1.07. The number of aromatic nitrogens is 1. The van der Waals surface area contributed by atoms with Crippen molar-refractivity contribution in [2.45, 2.75) is 6.92 Å². The van der Waals surface area contributed by atoms with E-state index in [9.17, 15) is 9.18 Å². The molecule has 17 heavy (non-hydrogen) atoms. The lowest BCUT2D eigenvalue weighted by Gasteiger charge is -2.03. The number of carbonyl (C=O) groups is 1. The second-order valence-electron chi connectivity index (χ2n) is 3.68. The molecule has 0 bridgehead atoms. The molecule has 1 aromatic heterocycles. The highest BCUT2D eigenvalue weighted by molar-refractivity contribution is 6.34. The lowest BCUT2D eigenvalue weighted by molar-refractivity contribution is 0.103. The minimum absolute atomic E-state index is 0.138. The van der Waals surface area contributed by atoms with E-state index in [1.54, 1.807) is 25.1 Å². The number of carbonyl (C=O) groups excluding carboxylic acids is 1. The third kappa shape index (κ3) is 2.50. The zero-order chi connectivity index (χ0) is 12.4. The first-order valence-corrected chi connectivity index (χ1v) is 5.38. The number of ketones is 1. The van der Waals surface area contributed by atoms with Crippen molar-refractivity contribution < 1.29 is 9.18 Å². The van der Waals surface area contributed by atoms with E-state index in [1.807, 2.05) is 0 Å². The van der Waals surface area contributed by atoms with Crippen molar-refractivity contribution in [3.63, 3.8) is 0 Å². The molecule has 0 aliphatic heterocycles. The first-order valence-electron chi connectivity index (χ1n) is 5.00. The standard InChI is InChI=1S/C13H9ClFNO/c1-8-5-9(7-10(15)6-8)13(17)12-11(14)3-2-4-16-12/h2-7H,1H3. The van der Waals surface area contributed by atoms with Crippen LogP contribution in [0.25, 0.3) is 0 Å². The van der Waals surface area contributed by atoms with E-state index < -0.39 is 5.82 Å². The van der Waals surface area contributed by atoms with Gasteiger partial charge in [-0.25, -0.2) is 4.39 Å². The Balaban J connectivity index is 2.48. The van der Waals surface area contributed by atoms with Gasteiger partial charge in [-0.05, 0) is 42.8 Å². The van der Waals surface area contributed by atoms with Crippen LogP contribution in [0.4, 0.5) is 4.39 Å². The monoisotopic (exact) mass is 249 g/mol. The average Bonchev–Trinajstić information content (AvgIpc) is 2.27. The molecule has 0 aliphatic rings. The number of benzene rings is 1. The minimum Gasteiger partial charge on any atom is -0.287 e. The molecule has 86 valence electrons. The molecule has 2 nitrogen and oxygen atoms in total. The maximum Gasteiger partial charge on any atom is 0.212 e. The van der Waals surface area contributed by atoms with E-state index in [0.717, 1.165) is 0 Å². The summed E-state index contributed by atoms with van der Waals surface area (Å²) in [7, 11) is 0. The third-order valence-electron chi connectivity index (χ3n) is 2.28. The molecule has 4 heteroatoms. The fourth-order valence-corrected chi connectivity index (χ4v) is 1.76. The Morgan fingerprint density at radius 3 is 2.76 bits per heavy atom. The quantitative estimate of drug-likeness (QED) is 0.764. The van der Waals surface area contributed by atoms with Crippen molar-refractivity contribution in [1.82, 2.24) is 4.98 Å². The maximum atomic E-state index is 13.2. The van der Waals surface area contributed by atoms with Gasteiger partial charge in [-0.3, -0.25) is 9.78 Å². The van der Waals surface area contributed by atoms with Crippen LogP contribution in [0.5, 0.6) is 0 Å². The van der Waals surface area contributed by atoms with Crippen LogP contribution in [0.2, 0.25) is 5.02 Å². The lowest BCUT2D eigenvalue weighted by atomic mass is 10.0. The van der Waals surface area contributed by atoms with Gasteiger partial charge >= 0.3 is 0 Å². The van der Waals surface area contributed by atoms with Gasteiger partial charge in [-0.15, -0.1) is 0 Å². The van der Waals surface area contributed by atoms with Gasteiger partial charge < -0.3 is 0 Å². The molecule has 0 unspecified atom stereocenters. The van der Waals surface area contributed by atoms with Gasteiger partial charge in [-0.1, -0.05) is 11.6 Å². The molecule has 0 saturated carbocycles. The van der Waals surface area contributed by atoms with E-state index in [0.29, 0.717) is 5.56 Å². The summed E-state index contributed by atoms with van der Waals surface area (Å²) in [6, 6.07) is 7.36. The van der Waals surface area contributed by atoms with Crippen molar-refractivity contribution in [1.29, 1.82) is 0 Å². The van der Waals surface area contributed by atoms with Crippen molar-refractivity contribution in [2.24, 2.45) is 0 Å². The van der Waals surface area contributed by atoms with Crippen LogP contribution in [0.15, 0.2) is 36.5 Å². The topological polar surface area (TPSA) is 30.0 Å². The number of hydrogen-bond acceptors (Lipinski definition) is 2. The molecular formula is C13H9ClFNO. The molecule has 2 rings (SSSR count). The highest BCUT2D eigenvalue weighted by atomic mass is 35.5. The van der Waals surface area contributed by atoms with E-state index in [-0.39, 0.29) is 22.1 Å². The van der Waals surface area contributed by atoms with E-state index >= 15 is 0 Å². The largest absolute Gasteiger partial charge is 0.287 e. The first kappa shape index (κ1) is 11.7. The third-order valence-corrected chi connectivity index (χ3v) is 2.58. The molecule has 0 atom stereocenters. The normalized spacial score (nSPS) is 10.3. The molecule has 0 amide bonds. The van der Waals surface area contributed by atoms with Gasteiger partial charge in [0.25, 0.3) is 0 Å². The second kappa shape index (κ2) is 4.63. The Hall–Kier alpha value is -1.74. The molecule has 1 heterocycles. The van der Waals surface area contributed by atoms with Crippen LogP contribution >= 0.6 is 11.6 Å². The number of hydrogen-bond donors (Lipinski definition) is 0. The van der Waals surface area contributed by atoms with Gasteiger partial charge in [0, 0.05) is 11.8 Å². The zero-order valence-corrected chi connectivity index (χ0v) is 9.83. The molecule has 0 radical (unpaired) electrons. The van der Waals surface area contributed by atoms with Crippen molar-refractivity contribution >= 4 is 17.4 Å². The average molecular weight is 250 g/mol. The molecule has 0 fully saturated rings. The van der Waals surface area contributed by atoms with Crippen LogP contribution in [0.1, 0.15) is 21.6 Å². The molecule has 0 spiro atoms. The fourth-order valence-electron chi connectivity index (χ4n) is 1.56. The minimum atomic E-state index is -0.444. The van der Waals surface area contributed by atoms with Crippen LogP contribution in [0.3, 0.4) is 0 Å². The van der Waals surface area contributed by atoms with Gasteiger partial charge in [0.2, 0.25) is 5.78 Å². The lowest BCUT2D eigenvalue weighted by Crippen LogP contribution is -2.05. The number of halogens is 2. The van der Waals surface area contributed by atoms with Gasteiger partial charge in [-0.2, -0.15) is 0 Å². The molecule has 0 N–H and O–H groups in total. The summed E-state index contributed by atoms with van der Waals surface area (Å²) < 4.78 is 13.2. The maximum absolute atomic E-state index is 13.2. The van der Waals surface area contributed by atoms with Crippen LogP contribution in [0, 0.1) is 12.7 Å². The van der Waals surface area contributed by atoms with Crippen molar-refractivity contribution in [3.05, 3.63) is 64.2 Å². The predicted octanol–water partition coefficient (Wildman–Crippen LogP) is 3.41. The number of rotatable bonds is 2. The highest BCUT2D eigenvalue weighted by Gasteiger charge is 2.14. The number of nitrogens with zero attached hydrogens (tertiary/aromatic N) is 1. The van der Waals surface area contributed by atoms with Gasteiger partial charge in [0.15, 0.2) is 0 Å². The van der Waals surface area contributed by atoms with E-state index in [2.05, 4.69) is 4.98 Å². The summed E-state index contributed by atoms with van der Waals surface area (Å²) >= 11 is 5.87. The second-order valence-corrected chi connectivity index (χ2v) is 4.09. The van der Waals surface area contributed by atoms with Crippen LogP contribution < -0.4 is 0 Å². The Bertz CT molecular complexity index is 563. The number of pyridine rings is 1. The summed E-state index contributed by atoms with van der Waals surface area (Å²) in [6.07, 6.45) is 1.48. The van der Waals surface area contributed by atoms with Gasteiger partial charge in [0.1, 0.15) is 11.5 Å². The zero-order valence-electron chi connectivity index (χ0n) is 9.08. The van der Waals surface area contributed by atoms with E-state index in [4.69, 9.17) is 11.6 Å². The fraction of sp³-hybridized carbons (Fsp3) is 0.0769. The Morgan fingerprint density at radius 1 is 1.35 bits per heavy atom. The van der Waals surface area contributed by atoms with Crippen molar-refractivity contribution in [3.8, 4) is 0 Å². The molecule has 0 aliphatic carbocycles. The Kier molecular flexibility index (Phi) is 3.20. The van der Waals surface area contributed by atoms with E-state index in [1.165, 1.54) is 18.3 Å².